The van der Waals surface area contributed by atoms with E-state index in [4.69, 9.17) is 11.6 Å². The van der Waals surface area contributed by atoms with Crippen molar-refractivity contribution in [1.82, 2.24) is 14.9 Å². The molecule has 0 aliphatic carbocycles. The zero-order valence-corrected chi connectivity index (χ0v) is 13.2. The molecule has 1 saturated heterocycles. The van der Waals surface area contributed by atoms with Crippen molar-refractivity contribution in [1.29, 1.82) is 0 Å². The van der Waals surface area contributed by atoms with E-state index >= 15 is 0 Å². The molecule has 0 saturated carbocycles. The number of aromatic nitrogens is 2. The van der Waals surface area contributed by atoms with Crippen molar-refractivity contribution in [3.05, 3.63) is 48.0 Å². The van der Waals surface area contributed by atoms with E-state index < -0.39 is 0 Å². The molecule has 2 aromatic rings. The lowest BCUT2D eigenvalue weighted by atomic mass is 10.1. The van der Waals surface area contributed by atoms with Gasteiger partial charge in [-0.05, 0) is 24.3 Å². The lowest BCUT2D eigenvalue weighted by Crippen LogP contribution is -2.34. The number of hydrogen-bond acceptors (Lipinski definition) is 3. The third-order valence-corrected chi connectivity index (χ3v) is 4.11. The van der Waals surface area contributed by atoms with Crippen LogP contribution in [0.4, 0.5) is 5.69 Å². The number of nitrogens with zero attached hydrogens (tertiary/aromatic N) is 3. The van der Waals surface area contributed by atoms with Gasteiger partial charge >= 0.3 is 0 Å². The van der Waals surface area contributed by atoms with Gasteiger partial charge in [-0.1, -0.05) is 11.6 Å². The number of hydrogen-bond donors (Lipinski definition) is 1. The first kappa shape index (κ1) is 15.6. The minimum absolute atomic E-state index is 0.0397. The van der Waals surface area contributed by atoms with Crippen LogP contribution in [0.3, 0.4) is 0 Å². The van der Waals surface area contributed by atoms with E-state index in [0.717, 1.165) is 5.69 Å². The Balaban J connectivity index is 1.54. The van der Waals surface area contributed by atoms with Crippen LogP contribution >= 0.6 is 11.6 Å². The summed E-state index contributed by atoms with van der Waals surface area (Å²) in [6.45, 7) is 1.57. The standard InChI is InChI=1S/C16H17ClN4O2/c17-13-1-3-14(4-2-13)21-10-12(9-15(21)22)16(23)19-6-8-20-7-5-18-11-20/h1-5,7,11-12H,6,8-10H2,(H,19,23)/t12-/m0/s1. The summed E-state index contributed by atoms with van der Waals surface area (Å²) < 4.78 is 1.89. The summed E-state index contributed by atoms with van der Waals surface area (Å²) >= 11 is 5.86. The molecule has 1 aliphatic rings. The molecule has 23 heavy (non-hydrogen) atoms. The fourth-order valence-electron chi connectivity index (χ4n) is 2.63. The molecule has 1 N–H and O–H groups in total. The van der Waals surface area contributed by atoms with E-state index in [1.54, 1.807) is 41.7 Å². The van der Waals surface area contributed by atoms with E-state index in [2.05, 4.69) is 10.3 Å². The molecule has 0 spiro atoms. The van der Waals surface area contributed by atoms with E-state index in [0.29, 0.717) is 24.7 Å². The Kier molecular flexibility index (Phi) is 4.62. The summed E-state index contributed by atoms with van der Waals surface area (Å²) in [6.07, 6.45) is 5.47. The van der Waals surface area contributed by atoms with Crippen LogP contribution in [0.15, 0.2) is 43.0 Å². The van der Waals surface area contributed by atoms with Gasteiger partial charge in [0.2, 0.25) is 11.8 Å². The second kappa shape index (κ2) is 6.83. The number of benzene rings is 1. The Morgan fingerprint density at radius 1 is 1.35 bits per heavy atom. The largest absolute Gasteiger partial charge is 0.354 e. The SMILES string of the molecule is O=C(NCCn1ccnc1)[C@H]1CC(=O)N(c2ccc(Cl)cc2)C1. The second-order valence-electron chi connectivity index (χ2n) is 5.47. The molecule has 1 atom stereocenters. The number of amides is 2. The van der Waals surface area contributed by atoms with Crippen molar-refractivity contribution in [2.24, 2.45) is 5.92 Å². The average Bonchev–Trinajstić information content (AvgIpc) is 3.18. The van der Waals surface area contributed by atoms with E-state index in [-0.39, 0.29) is 24.2 Å². The van der Waals surface area contributed by atoms with Crippen LogP contribution in [0.25, 0.3) is 0 Å². The minimum Gasteiger partial charge on any atom is -0.354 e. The zero-order chi connectivity index (χ0) is 16.2. The number of carbonyl (C=O) groups is 2. The first-order chi connectivity index (χ1) is 11.1. The highest BCUT2D eigenvalue weighted by Gasteiger charge is 2.34. The predicted molar refractivity (Wildman–Crippen MR) is 87.1 cm³/mol. The quantitative estimate of drug-likeness (QED) is 0.906. The van der Waals surface area contributed by atoms with Gasteiger partial charge in [0.05, 0.1) is 12.2 Å². The van der Waals surface area contributed by atoms with Crippen molar-refractivity contribution in [2.45, 2.75) is 13.0 Å². The number of rotatable bonds is 5. The molecule has 3 rings (SSSR count). The Morgan fingerprint density at radius 2 is 2.13 bits per heavy atom. The summed E-state index contributed by atoms with van der Waals surface area (Å²) in [6, 6.07) is 7.06. The number of halogens is 1. The Morgan fingerprint density at radius 3 is 2.83 bits per heavy atom. The molecule has 1 fully saturated rings. The molecular formula is C16H17ClN4O2. The third-order valence-electron chi connectivity index (χ3n) is 3.86. The van der Waals surface area contributed by atoms with Crippen LogP contribution in [-0.4, -0.2) is 34.5 Å². The lowest BCUT2D eigenvalue weighted by molar-refractivity contribution is -0.126. The summed E-state index contributed by atoms with van der Waals surface area (Å²) in [5.74, 6) is -0.446. The highest BCUT2D eigenvalue weighted by atomic mass is 35.5. The maximum absolute atomic E-state index is 12.2. The van der Waals surface area contributed by atoms with Gasteiger partial charge in [0.25, 0.3) is 0 Å². The van der Waals surface area contributed by atoms with Crippen molar-refractivity contribution in [3.8, 4) is 0 Å². The van der Waals surface area contributed by atoms with Gasteiger partial charge in [-0.3, -0.25) is 9.59 Å². The van der Waals surface area contributed by atoms with Crippen molar-refractivity contribution >= 4 is 29.1 Å². The minimum atomic E-state index is -0.319. The highest BCUT2D eigenvalue weighted by molar-refractivity contribution is 6.30. The first-order valence-electron chi connectivity index (χ1n) is 7.43. The molecule has 0 unspecified atom stereocenters. The third kappa shape index (κ3) is 3.71. The van der Waals surface area contributed by atoms with E-state index in [9.17, 15) is 9.59 Å². The average molecular weight is 333 g/mol. The second-order valence-corrected chi connectivity index (χ2v) is 5.91. The van der Waals surface area contributed by atoms with Gasteiger partial charge in [-0.2, -0.15) is 0 Å². The van der Waals surface area contributed by atoms with E-state index in [1.165, 1.54) is 0 Å². The van der Waals surface area contributed by atoms with Crippen molar-refractivity contribution in [3.63, 3.8) is 0 Å². The fourth-order valence-corrected chi connectivity index (χ4v) is 2.75. The normalized spacial score (nSPS) is 17.5. The summed E-state index contributed by atoms with van der Waals surface area (Å²) in [4.78, 5) is 29.9. The fraction of sp³-hybridized carbons (Fsp3) is 0.312. The predicted octanol–water partition coefficient (Wildman–Crippen LogP) is 1.71. The maximum atomic E-state index is 12.2. The van der Waals surface area contributed by atoms with Gasteiger partial charge in [-0.25, -0.2) is 4.98 Å². The molecule has 0 bridgehead atoms. The smallest absolute Gasteiger partial charge is 0.227 e. The first-order valence-corrected chi connectivity index (χ1v) is 7.80. The van der Waals surface area contributed by atoms with Gasteiger partial charge in [0.1, 0.15) is 0 Å². The molecule has 120 valence electrons. The van der Waals surface area contributed by atoms with Crippen molar-refractivity contribution < 1.29 is 9.59 Å². The Labute approximate surface area is 139 Å². The van der Waals surface area contributed by atoms with Crippen LogP contribution in [-0.2, 0) is 16.1 Å². The van der Waals surface area contributed by atoms with Gasteiger partial charge < -0.3 is 14.8 Å². The zero-order valence-electron chi connectivity index (χ0n) is 12.5. The van der Waals surface area contributed by atoms with Crippen LogP contribution in [0.5, 0.6) is 0 Å². The Bertz CT molecular complexity index is 685. The van der Waals surface area contributed by atoms with Gasteiger partial charge in [-0.15, -0.1) is 0 Å². The molecule has 0 radical (unpaired) electrons. The van der Waals surface area contributed by atoms with Crippen LogP contribution < -0.4 is 10.2 Å². The van der Waals surface area contributed by atoms with E-state index in [1.807, 2.05) is 10.8 Å². The highest BCUT2D eigenvalue weighted by Crippen LogP contribution is 2.26. The number of imidazole rings is 1. The molecule has 2 amide bonds. The summed E-state index contributed by atoms with van der Waals surface area (Å²) in [5, 5.41) is 3.50. The van der Waals surface area contributed by atoms with Gasteiger partial charge in [0, 0.05) is 49.2 Å². The molecule has 1 aromatic carbocycles. The van der Waals surface area contributed by atoms with Gasteiger partial charge in [0.15, 0.2) is 0 Å². The summed E-state index contributed by atoms with van der Waals surface area (Å²) in [7, 11) is 0. The van der Waals surface area contributed by atoms with Crippen LogP contribution in [0.2, 0.25) is 5.02 Å². The monoisotopic (exact) mass is 332 g/mol. The maximum Gasteiger partial charge on any atom is 0.227 e. The molecule has 6 nitrogen and oxygen atoms in total. The molecule has 1 aliphatic heterocycles. The number of anilines is 1. The number of carbonyl (C=O) groups excluding carboxylic acids is 2. The summed E-state index contributed by atoms with van der Waals surface area (Å²) in [5.41, 5.74) is 0.771. The van der Waals surface area contributed by atoms with Crippen LogP contribution in [0, 0.1) is 5.92 Å². The molecule has 1 aromatic heterocycles. The van der Waals surface area contributed by atoms with Crippen LogP contribution in [0.1, 0.15) is 6.42 Å². The molecular weight excluding hydrogens is 316 g/mol. The van der Waals surface area contributed by atoms with Crippen molar-refractivity contribution in [2.75, 3.05) is 18.0 Å². The molecule has 7 heteroatoms. The number of nitrogens with one attached hydrogen (secondary N) is 1. The topological polar surface area (TPSA) is 67.2 Å². The molecule has 2 heterocycles. The lowest BCUT2D eigenvalue weighted by Gasteiger charge is -2.16. The Hall–Kier alpha value is -2.34.